The van der Waals surface area contributed by atoms with Gasteiger partial charge >= 0.3 is 0 Å². The number of nitrogens with one attached hydrogen (secondary N) is 2. The van der Waals surface area contributed by atoms with Gasteiger partial charge in [0.2, 0.25) is 0 Å². The second-order valence-corrected chi connectivity index (χ2v) is 2.53. The van der Waals surface area contributed by atoms with Crippen LogP contribution in [-0.4, -0.2) is 20.7 Å². The molecule has 2 N–H and O–H groups in total. The number of benzene rings is 1. The van der Waals surface area contributed by atoms with Crippen LogP contribution in [0, 0.1) is 6.07 Å². The summed E-state index contributed by atoms with van der Waals surface area (Å²) in [6.07, 6.45) is 0. The minimum Gasteiger partial charge on any atom is -0.491 e. The molecule has 0 fully saturated rings. The lowest BCUT2D eigenvalue weighted by molar-refractivity contribution is 0.341. The molecule has 0 amide bonds. The highest BCUT2D eigenvalue weighted by atomic mass is 16.5. The van der Waals surface area contributed by atoms with Crippen LogP contribution in [0.4, 0.5) is 11.4 Å². The molecule has 13 heavy (non-hydrogen) atoms. The summed E-state index contributed by atoms with van der Waals surface area (Å²) in [5, 5.41) is 6.16. The summed E-state index contributed by atoms with van der Waals surface area (Å²) in [6, 6.07) is 6.84. The average molecular weight is 179 g/mol. The van der Waals surface area contributed by atoms with Crippen molar-refractivity contribution >= 4 is 11.4 Å². The highest BCUT2D eigenvalue weighted by Crippen LogP contribution is 2.31. The molecule has 71 valence electrons. The number of hydrogen-bond donors (Lipinski definition) is 2. The second kappa shape index (κ2) is 4.60. The van der Waals surface area contributed by atoms with Gasteiger partial charge in [0, 0.05) is 20.2 Å². The first-order valence-electron chi connectivity index (χ1n) is 4.36. The van der Waals surface area contributed by atoms with Gasteiger partial charge in [-0.3, -0.25) is 0 Å². The fraction of sp³-hybridized carbons (Fsp3) is 0.400. The predicted octanol–water partition coefficient (Wildman–Crippen LogP) is 1.97. The lowest BCUT2D eigenvalue weighted by Gasteiger charge is -2.13. The third kappa shape index (κ3) is 2.05. The molecule has 0 atom stereocenters. The normalized spacial score (nSPS) is 9.46. The van der Waals surface area contributed by atoms with Gasteiger partial charge in [0.05, 0.1) is 12.3 Å². The average Bonchev–Trinajstić information content (AvgIpc) is 2.18. The topological polar surface area (TPSA) is 33.3 Å². The summed E-state index contributed by atoms with van der Waals surface area (Å²) in [5.41, 5.74) is 1.97. The molecule has 0 aromatic heterocycles. The molecular formula is C10H15N2O. The largest absolute Gasteiger partial charge is 0.491 e. The Balaban J connectivity index is 3.03. The minimum absolute atomic E-state index is 0.651. The second-order valence-electron chi connectivity index (χ2n) is 2.53. The van der Waals surface area contributed by atoms with Crippen LogP contribution in [0.1, 0.15) is 6.92 Å². The van der Waals surface area contributed by atoms with Gasteiger partial charge in [-0.2, -0.15) is 0 Å². The highest BCUT2D eigenvalue weighted by molar-refractivity contribution is 5.74. The van der Waals surface area contributed by atoms with E-state index in [1.54, 1.807) is 0 Å². The molecule has 0 aliphatic heterocycles. The van der Waals surface area contributed by atoms with Gasteiger partial charge < -0.3 is 15.4 Å². The first-order valence-corrected chi connectivity index (χ1v) is 4.36. The summed E-state index contributed by atoms with van der Waals surface area (Å²) in [6.45, 7) is 2.61. The van der Waals surface area contributed by atoms with E-state index >= 15 is 0 Å². The molecule has 1 aromatic rings. The summed E-state index contributed by atoms with van der Waals surface area (Å²) >= 11 is 0. The van der Waals surface area contributed by atoms with E-state index in [-0.39, 0.29) is 0 Å². The Labute approximate surface area is 79.1 Å². The molecule has 0 unspecified atom stereocenters. The third-order valence-corrected chi connectivity index (χ3v) is 1.77. The minimum atomic E-state index is 0.651. The zero-order valence-electron chi connectivity index (χ0n) is 8.27. The Kier molecular flexibility index (Phi) is 3.43. The maximum Gasteiger partial charge on any atom is 0.152 e. The molecule has 3 nitrogen and oxygen atoms in total. The molecule has 0 bridgehead atoms. The smallest absolute Gasteiger partial charge is 0.152 e. The fourth-order valence-corrected chi connectivity index (χ4v) is 1.19. The molecule has 3 heteroatoms. The van der Waals surface area contributed by atoms with Crippen molar-refractivity contribution in [3.63, 3.8) is 0 Å². The molecule has 0 heterocycles. The Morgan fingerprint density at radius 2 is 2.15 bits per heavy atom. The van der Waals surface area contributed by atoms with Crippen LogP contribution in [0.25, 0.3) is 0 Å². The predicted molar refractivity (Wildman–Crippen MR) is 55.5 cm³/mol. The van der Waals surface area contributed by atoms with Crippen molar-refractivity contribution in [1.82, 2.24) is 0 Å². The Morgan fingerprint density at radius 3 is 2.69 bits per heavy atom. The summed E-state index contributed by atoms with van der Waals surface area (Å²) in [4.78, 5) is 0. The molecule has 0 saturated carbocycles. The zero-order chi connectivity index (χ0) is 9.68. The van der Waals surface area contributed by atoms with Crippen molar-refractivity contribution in [1.29, 1.82) is 0 Å². The molecular weight excluding hydrogens is 164 g/mol. The lowest BCUT2D eigenvalue weighted by atomic mass is 10.2. The van der Waals surface area contributed by atoms with Gasteiger partial charge in [0.15, 0.2) is 5.75 Å². The fourth-order valence-electron chi connectivity index (χ4n) is 1.19. The Morgan fingerprint density at radius 1 is 1.38 bits per heavy atom. The third-order valence-electron chi connectivity index (χ3n) is 1.77. The van der Waals surface area contributed by atoms with Gasteiger partial charge in [0.1, 0.15) is 5.69 Å². The monoisotopic (exact) mass is 179 g/mol. The number of ether oxygens (including phenoxy) is 1. The maximum absolute atomic E-state index is 5.41. The van der Waals surface area contributed by atoms with Crippen molar-refractivity contribution in [2.24, 2.45) is 0 Å². The molecule has 1 radical (unpaired) electrons. The quantitative estimate of drug-likeness (QED) is 0.741. The van der Waals surface area contributed by atoms with E-state index in [2.05, 4.69) is 16.7 Å². The molecule has 0 saturated heterocycles. The van der Waals surface area contributed by atoms with E-state index in [1.165, 1.54) is 0 Å². The molecule has 1 aromatic carbocycles. The van der Waals surface area contributed by atoms with Gasteiger partial charge in [-0.05, 0) is 19.1 Å². The van der Waals surface area contributed by atoms with Crippen LogP contribution in [0.2, 0.25) is 0 Å². The van der Waals surface area contributed by atoms with E-state index < -0.39 is 0 Å². The van der Waals surface area contributed by atoms with Gasteiger partial charge in [0.25, 0.3) is 0 Å². The van der Waals surface area contributed by atoms with Crippen molar-refractivity contribution in [2.45, 2.75) is 6.92 Å². The van der Waals surface area contributed by atoms with E-state index in [4.69, 9.17) is 4.74 Å². The standard InChI is InChI=1S/C10H15N2O/c1-4-13-9-7-5-6-8(11-2)10(9)12-3/h5-6,11-12H,4H2,1-3H3. The van der Waals surface area contributed by atoms with Crippen molar-refractivity contribution in [3.05, 3.63) is 18.2 Å². The van der Waals surface area contributed by atoms with Crippen LogP contribution in [0.3, 0.4) is 0 Å². The van der Waals surface area contributed by atoms with Crippen LogP contribution in [0.15, 0.2) is 12.1 Å². The zero-order valence-corrected chi connectivity index (χ0v) is 8.27. The first-order chi connectivity index (χ1) is 6.33. The van der Waals surface area contributed by atoms with Crippen LogP contribution < -0.4 is 15.4 Å². The van der Waals surface area contributed by atoms with Crippen molar-refractivity contribution < 1.29 is 4.74 Å². The highest BCUT2D eigenvalue weighted by Gasteiger charge is 2.05. The number of hydrogen-bond acceptors (Lipinski definition) is 3. The van der Waals surface area contributed by atoms with Gasteiger partial charge in [-0.25, -0.2) is 0 Å². The number of anilines is 2. The molecule has 0 aliphatic carbocycles. The molecule has 0 spiro atoms. The van der Waals surface area contributed by atoms with Gasteiger partial charge in [-0.1, -0.05) is 0 Å². The molecule has 0 aliphatic rings. The maximum atomic E-state index is 5.41. The summed E-state index contributed by atoms with van der Waals surface area (Å²) in [7, 11) is 3.75. The number of rotatable bonds is 4. The SMILES string of the molecule is CCOc1[c]ccc(NC)c1NC. The van der Waals surface area contributed by atoms with Crippen molar-refractivity contribution in [3.8, 4) is 5.75 Å². The van der Waals surface area contributed by atoms with E-state index in [0.29, 0.717) is 6.61 Å². The van der Waals surface area contributed by atoms with Gasteiger partial charge in [-0.15, -0.1) is 0 Å². The lowest BCUT2D eigenvalue weighted by Crippen LogP contribution is -2.01. The van der Waals surface area contributed by atoms with Crippen LogP contribution in [0.5, 0.6) is 5.75 Å². The summed E-state index contributed by atoms with van der Waals surface area (Å²) in [5.74, 6) is 0.761. The van der Waals surface area contributed by atoms with Crippen LogP contribution >= 0.6 is 0 Å². The molecule has 1 rings (SSSR count). The first kappa shape index (κ1) is 9.71. The Hall–Kier alpha value is -1.38. The van der Waals surface area contributed by atoms with E-state index in [0.717, 1.165) is 17.1 Å². The summed E-state index contributed by atoms with van der Waals surface area (Å²) < 4.78 is 5.41. The Bertz CT molecular complexity index is 274. The van der Waals surface area contributed by atoms with E-state index in [1.807, 2.05) is 33.2 Å². The van der Waals surface area contributed by atoms with Crippen LogP contribution in [-0.2, 0) is 0 Å². The van der Waals surface area contributed by atoms with Crippen molar-refractivity contribution in [2.75, 3.05) is 31.3 Å². The van der Waals surface area contributed by atoms with E-state index in [9.17, 15) is 0 Å².